The summed E-state index contributed by atoms with van der Waals surface area (Å²) in [7, 11) is -2.24. The summed E-state index contributed by atoms with van der Waals surface area (Å²) >= 11 is 0. The Kier molecular flexibility index (Phi) is 7.29. The van der Waals surface area contributed by atoms with Crippen LogP contribution in [0.2, 0.25) is 0 Å². The third-order valence-electron chi connectivity index (χ3n) is 6.25. The van der Waals surface area contributed by atoms with Crippen LogP contribution in [0.3, 0.4) is 0 Å². The number of benzene rings is 4. The van der Waals surface area contributed by atoms with E-state index >= 15 is 0 Å². The minimum Gasteiger partial charge on any atom is -0.497 e. The predicted molar refractivity (Wildman–Crippen MR) is 152 cm³/mol. The highest BCUT2D eigenvalue weighted by Gasteiger charge is 2.32. The molecule has 0 atom stereocenters. The first kappa shape index (κ1) is 25.9. The van der Waals surface area contributed by atoms with Crippen LogP contribution in [-0.2, 0) is 21.4 Å². The molecular weight excluding hydrogens is 512 g/mol. The molecule has 0 spiro atoms. The summed E-state index contributed by atoms with van der Waals surface area (Å²) < 4.78 is 40.7. The largest absolute Gasteiger partial charge is 0.497 e. The maximum absolute atomic E-state index is 12.8. The first-order valence-electron chi connectivity index (χ1n) is 12.2. The van der Waals surface area contributed by atoms with Gasteiger partial charge in [0.05, 0.1) is 13.7 Å². The third kappa shape index (κ3) is 5.76. The summed E-state index contributed by atoms with van der Waals surface area (Å²) in [6.07, 6.45) is 3.03. The van der Waals surface area contributed by atoms with Crippen LogP contribution in [0.15, 0.2) is 112 Å². The molecule has 0 bridgehead atoms. The van der Waals surface area contributed by atoms with Crippen molar-refractivity contribution in [3.05, 3.63) is 125 Å². The van der Waals surface area contributed by atoms with Crippen LogP contribution < -0.4 is 14.4 Å². The summed E-state index contributed by atoms with van der Waals surface area (Å²) in [5, 5.41) is 0. The normalized spacial score (nSPS) is 13.5. The average Bonchev–Trinajstić information content (AvgIpc) is 3.22. The molecule has 4 aromatic carbocycles. The maximum Gasteiger partial charge on any atom is 0.336 e. The molecule has 1 heterocycles. The van der Waals surface area contributed by atoms with Gasteiger partial charge in [-0.15, -0.1) is 4.40 Å². The average molecular weight is 539 g/mol. The van der Waals surface area contributed by atoms with Crippen LogP contribution in [-0.4, -0.2) is 27.3 Å². The number of nitrogens with zero attached hydrogens (tertiary/aromatic N) is 2. The molecule has 0 aromatic heterocycles. The Balaban J connectivity index is 1.45. The standard InChI is InChI=1S/C31H26N2O5S/c1-22-11-16-25(17-12-22)33(31-27-8-4-6-10-29(27)39(35,36)32-31)21-24-7-3-5-9-28(24)38-30(34)20-15-23-13-18-26(37-2)19-14-23/h3-20H,21H2,1-2H3/b20-15+. The van der Waals surface area contributed by atoms with Gasteiger partial charge < -0.3 is 14.4 Å². The number of rotatable bonds is 7. The number of hydrogen-bond donors (Lipinski definition) is 0. The zero-order valence-electron chi connectivity index (χ0n) is 21.4. The van der Waals surface area contributed by atoms with Gasteiger partial charge in [0.1, 0.15) is 16.4 Å². The van der Waals surface area contributed by atoms with Crippen molar-refractivity contribution in [2.75, 3.05) is 12.0 Å². The van der Waals surface area contributed by atoms with Crippen LogP contribution in [0.1, 0.15) is 22.3 Å². The van der Waals surface area contributed by atoms with Gasteiger partial charge in [-0.25, -0.2) is 4.79 Å². The first-order chi connectivity index (χ1) is 18.8. The van der Waals surface area contributed by atoms with Gasteiger partial charge >= 0.3 is 5.97 Å². The number of amidine groups is 1. The summed E-state index contributed by atoms with van der Waals surface area (Å²) in [5.41, 5.74) is 3.86. The summed E-state index contributed by atoms with van der Waals surface area (Å²) in [4.78, 5) is 14.7. The highest BCUT2D eigenvalue weighted by Crippen LogP contribution is 2.32. The minimum absolute atomic E-state index is 0.167. The van der Waals surface area contributed by atoms with Crippen molar-refractivity contribution in [3.63, 3.8) is 0 Å². The fraction of sp³-hybridized carbons (Fsp3) is 0.0968. The van der Waals surface area contributed by atoms with Gasteiger partial charge in [-0.1, -0.05) is 60.2 Å². The molecule has 0 N–H and O–H groups in total. The van der Waals surface area contributed by atoms with Crippen molar-refractivity contribution >= 4 is 33.6 Å². The van der Waals surface area contributed by atoms with Crippen LogP contribution in [0, 0.1) is 6.92 Å². The minimum atomic E-state index is -3.83. The van der Waals surface area contributed by atoms with E-state index in [4.69, 9.17) is 9.47 Å². The molecule has 8 heteroatoms. The fourth-order valence-corrected chi connectivity index (χ4v) is 5.43. The molecular formula is C31H26N2O5S. The number of carbonyl (C=O) groups is 1. The second-order valence-corrected chi connectivity index (χ2v) is 10.5. The Morgan fingerprint density at radius 2 is 1.59 bits per heavy atom. The summed E-state index contributed by atoms with van der Waals surface area (Å²) in [6, 6.07) is 29.0. The van der Waals surface area contributed by atoms with Crippen molar-refractivity contribution < 1.29 is 22.7 Å². The Hall–Kier alpha value is -4.69. The maximum atomic E-state index is 12.8. The lowest BCUT2D eigenvalue weighted by atomic mass is 10.1. The number of aryl methyl sites for hydroxylation is 1. The number of hydrogen-bond acceptors (Lipinski definition) is 6. The van der Waals surface area contributed by atoms with Crippen LogP contribution in [0.4, 0.5) is 5.69 Å². The van der Waals surface area contributed by atoms with E-state index in [9.17, 15) is 13.2 Å². The van der Waals surface area contributed by atoms with E-state index in [1.807, 2.05) is 72.5 Å². The van der Waals surface area contributed by atoms with Crippen LogP contribution in [0.5, 0.6) is 11.5 Å². The van der Waals surface area contributed by atoms with Crippen molar-refractivity contribution in [1.29, 1.82) is 0 Å². The van der Waals surface area contributed by atoms with E-state index in [-0.39, 0.29) is 11.4 Å². The van der Waals surface area contributed by atoms with E-state index < -0.39 is 16.0 Å². The zero-order valence-corrected chi connectivity index (χ0v) is 22.3. The Bertz CT molecular complexity index is 1680. The second-order valence-electron chi connectivity index (χ2n) is 8.94. The highest BCUT2D eigenvalue weighted by atomic mass is 32.2. The molecule has 0 fully saturated rings. The van der Waals surface area contributed by atoms with Gasteiger partial charge in [0.25, 0.3) is 10.0 Å². The molecule has 5 rings (SSSR count). The van der Waals surface area contributed by atoms with Gasteiger partial charge in [0.2, 0.25) is 0 Å². The van der Waals surface area contributed by atoms with Crippen LogP contribution in [0.25, 0.3) is 6.08 Å². The Morgan fingerprint density at radius 1 is 0.897 bits per heavy atom. The second kappa shape index (κ2) is 11.0. The molecule has 0 radical (unpaired) electrons. The van der Waals surface area contributed by atoms with E-state index in [1.54, 1.807) is 49.6 Å². The molecule has 0 aliphatic carbocycles. The lowest BCUT2D eigenvalue weighted by molar-refractivity contribution is -0.128. The van der Waals surface area contributed by atoms with Gasteiger partial charge in [-0.3, -0.25) is 0 Å². The fourth-order valence-electron chi connectivity index (χ4n) is 4.22. The SMILES string of the molecule is COc1ccc(/C=C/C(=O)Oc2ccccc2CN(C2=NS(=O)(=O)c3ccccc32)c2ccc(C)cc2)cc1. The number of sulfonamides is 1. The van der Waals surface area contributed by atoms with Gasteiger partial charge in [-0.2, -0.15) is 8.42 Å². The van der Waals surface area contributed by atoms with Gasteiger partial charge in [0.15, 0.2) is 5.84 Å². The van der Waals surface area contributed by atoms with Crippen molar-refractivity contribution in [2.24, 2.45) is 4.40 Å². The molecule has 1 aliphatic rings. The lowest BCUT2D eigenvalue weighted by Crippen LogP contribution is -2.30. The third-order valence-corrected chi connectivity index (χ3v) is 7.58. The number of ether oxygens (including phenoxy) is 2. The molecule has 0 saturated heterocycles. The van der Waals surface area contributed by atoms with Gasteiger partial charge in [-0.05, 0) is 61.0 Å². The van der Waals surface area contributed by atoms with Gasteiger partial charge in [0, 0.05) is 22.9 Å². The van der Waals surface area contributed by atoms with E-state index in [1.165, 1.54) is 6.08 Å². The topological polar surface area (TPSA) is 85.3 Å². The molecule has 4 aromatic rings. The number of carbonyl (C=O) groups excluding carboxylic acids is 1. The number of methoxy groups -OCH3 is 1. The van der Waals surface area contributed by atoms with E-state index in [0.29, 0.717) is 22.7 Å². The Morgan fingerprint density at radius 3 is 2.33 bits per heavy atom. The smallest absolute Gasteiger partial charge is 0.336 e. The highest BCUT2D eigenvalue weighted by molar-refractivity contribution is 7.90. The molecule has 7 nitrogen and oxygen atoms in total. The lowest BCUT2D eigenvalue weighted by Gasteiger charge is -2.26. The van der Waals surface area contributed by atoms with Crippen molar-refractivity contribution in [2.45, 2.75) is 18.4 Å². The van der Waals surface area contributed by atoms with E-state index in [2.05, 4.69) is 4.40 Å². The number of anilines is 1. The first-order valence-corrected chi connectivity index (χ1v) is 13.7. The van der Waals surface area contributed by atoms with E-state index in [0.717, 1.165) is 22.6 Å². The van der Waals surface area contributed by atoms with Crippen LogP contribution >= 0.6 is 0 Å². The molecule has 39 heavy (non-hydrogen) atoms. The molecule has 0 amide bonds. The number of fused-ring (bicyclic) bond motifs is 1. The molecule has 1 aliphatic heterocycles. The summed E-state index contributed by atoms with van der Waals surface area (Å²) in [5.74, 6) is 0.874. The zero-order chi connectivity index (χ0) is 27.4. The summed E-state index contributed by atoms with van der Waals surface area (Å²) in [6.45, 7) is 2.20. The molecule has 0 saturated carbocycles. The number of para-hydroxylation sites is 1. The quantitative estimate of drug-likeness (QED) is 0.169. The monoisotopic (exact) mass is 538 g/mol. The number of esters is 1. The molecule has 196 valence electrons. The Labute approximate surface area is 227 Å². The van der Waals surface area contributed by atoms with Crippen molar-refractivity contribution in [3.8, 4) is 11.5 Å². The van der Waals surface area contributed by atoms with Crippen molar-refractivity contribution in [1.82, 2.24) is 0 Å². The molecule has 0 unspecified atom stereocenters. The predicted octanol–water partition coefficient (Wildman–Crippen LogP) is 5.78.